The predicted molar refractivity (Wildman–Crippen MR) is 62.6 cm³/mol. The largest absolute Gasteiger partial charge is 0.481 e. The first-order chi connectivity index (χ1) is 7.56. The van der Waals surface area contributed by atoms with E-state index in [4.69, 9.17) is 5.11 Å². The van der Waals surface area contributed by atoms with Gasteiger partial charge in [-0.3, -0.25) is 4.79 Å². The van der Waals surface area contributed by atoms with Gasteiger partial charge in [0, 0.05) is 31.5 Å². The first kappa shape index (κ1) is 12.5. The maximum atomic E-state index is 10.6. The molecule has 0 aromatic carbocycles. The van der Waals surface area contributed by atoms with E-state index in [2.05, 4.69) is 4.98 Å². The molecule has 0 unspecified atom stereocenters. The Labute approximate surface area is 95.7 Å². The molecule has 1 rings (SSSR count). The minimum absolute atomic E-state index is 0.134. The highest BCUT2D eigenvalue weighted by atomic mass is 16.4. The monoisotopic (exact) mass is 225 g/mol. The van der Waals surface area contributed by atoms with E-state index in [0.717, 1.165) is 12.5 Å². The van der Waals surface area contributed by atoms with Crippen LogP contribution in [0.1, 0.15) is 27.2 Å². The van der Waals surface area contributed by atoms with Crippen molar-refractivity contribution >= 4 is 11.9 Å². The Balaban J connectivity index is 2.81. The van der Waals surface area contributed by atoms with Crippen molar-refractivity contribution in [1.29, 1.82) is 0 Å². The molecule has 5 heteroatoms. The van der Waals surface area contributed by atoms with Crippen molar-refractivity contribution in [2.45, 2.75) is 39.8 Å². The second-order valence-electron chi connectivity index (χ2n) is 3.94. The molecule has 0 spiro atoms. The molecule has 1 aromatic rings. The van der Waals surface area contributed by atoms with Crippen LogP contribution < -0.4 is 4.90 Å². The van der Waals surface area contributed by atoms with Gasteiger partial charge in [-0.15, -0.1) is 0 Å². The molecular formula is C11H19N3O2. The molecule has 0 aliphatic heterocycles. The summed E-state index contributed by atoms with van der Waals surface area (Å²) in [5.41, 5.74) is 0. The molecule has 0 aliphatic rings. The van der Waals surface area contributed by atoms with Gasteiger partial charge in [-0.25, -0.2) is 4.98 Å². The van der Waals surface area contributed by atoms with Crippen LogP contribution in [0.25, 0.3) is 0 Å². The summed E-state index contributed by atoms with van der Waals surface area (Å²) in [4.78, 5) is 16.9. The molecule has 16 heavy (non-hydrogen) atoms. The van der Waals surface area contributed by atoms with Crippen molar-refractivity contribution in [2.75, 3.05) is 11.4 Å². The number of carbonyl (C=O) groups is 1. The van der Waals surface area contributed by atoms with Crippen molar-refractivity contribution in [1.82, 2.24) is 9.55 Å². The average molecular weight is 225 g/mol. The maximum absolute atomic E-state index is 10.6. The van der Waals surface area contributed by atoms with E-state index in [1.807, 2.05) is 36.4 Å². The zero-order valence-corrected chi connectivity index (χ0v) is 10.1. The van der Waals surface area contributed by atoms with Crippen molar-refractivity contribution in [3.8, 4) is 0 Å². The summed E-state index contributed by atoms with van der Waals surface area (Å²) in [5.74, 6) is 0.0685. The summed E-state index contributed by atoms with van der Waals surface area (Å²) < 4.78 is 2.02. The predicted octanol–water partition coefficient (Wildman–Crippen LogP) is 1.59. The molecular weight excluding hydrogens is 206 g/mol. The first-order valence-corrected chi connectivity index (χ1v) is 5.55. The van der Waals surface area contributed by atoms with Crippen LogP contribution >= 0.6 is 0 Å². The lowest BCUT2D eigenvalue weighted by atomic mass is 10.3. The number of aliphatic carboxylic acids is 1. The van der Waals surface area contributed by atoms with Gasteiger partial charge in [0.2, 0.25) is 5.95 Å². The minimum atomic E-state index is -0.778. The maximum Gasteiger partial charge on any atom is 0.305 e. The van der Waals surface area contributed by atoms with Gasteiger partial charge in [0.05, 0.1) is 6.42 Å². The number of aryl methyl sites for hydroxylation is 1. The smallest absolute Gasteiger partial charge is 0.305 e. The Hall–Kier alpha value is -1.52. The summed E-state index contributed by atoms with van der Waals surface area (Å²) in [5, 5.41) is 8.71. The van der Waals surface area contributed by atoms with E-state index in [1.165, 1.54) is 0 Å². The summed E-state index contributed by atoms with van der Waals surface area (Å²) in [6.07, 6.45) is 3.79. The molecule has 0 atom stereocenters. The Kier molecular flexibility index (Phi) is 4.34. The van der Waals surface area contributed by atoms with E-state index in [-0.39, 0.29) is 12.5 Å². The molecule has 0 radical (unpaired) electrons. The number of hydrogen-bond acceptors (Lipinski definition) is 3. The normalized spacial score (nSPS) is 10.8. The van der Waals surface area contributed by atoms with Gasteiger partial charge in [-0.05, 0) is 20.8 Å². The highest BCUT2D eigenvalue weighted by molar-refractivity contribution is 5.67. The highest BCUT2D eigenvalue weighted by Gasteiger charge is 2.16. The van der Waals surface area contributed by atoms with Crippen LogP contribution in [-0.4, -0.2) is 33.2 Å². The molecule has 0 amide bonds. The standard InChI is InChI=1S/C11H19N3O2/c1-4-13-8-6-12-11(13)14(9(2)3)7-5-10(15)16/h6,8-9H,4-5,7H2,1-3H3,(H,15,16). The summed E-state index contributed by atoms with van der Waals surface area (Å²) in [7, 11) is 0. The van der Waals surface area contributed by atoms with E-state index in [1.54, 1.807) is 6.20 Å². The van der Waals surface area contributed by atoms with E-state index in [9.17, 15) is 4.79 Å². The molecule has 0 fully saturated rings. The topological polar surface area (TPSA) is 58.4 Å². The first-order valence-electron chi connectivity index (χ1n) is 5.55. The third kappa shape index (κ3) is 2.98. The SMILES string of the molecule is CCn1ccnc1N(CCC(=O)O)C(C)C. The van der Waals surface area contributed by atoms with E-state index >= 15 is 0 Å². The van der Waals surface area contributed by atoms with Crippen LogP contribution in [0, 0.1) is 0 Å². The summed E-state index contributed by atoms with van der Waals surface area (Å²) in [6.45, 7) is 7.45. The number of nitrogens with zero attached hydrogens (tertiary/aromatic N) is 3. The van der Waals surface area contributed by atoms with Crippen LogP contribution in [0.15, 0.2) is 12.4 Å². The zero-order valence-electron chi connectivity index (χ0n) is 10.1. The Bertz CT molecular complexity index is 347. The van der Waals surface area contributed by atoms with Crippen LogP contribution in [0.5, 0.6) is 0 Å². The molecule has 0 aliphatic carbocycles. The number of aromatic nitrogens is 2. The number of carboxylic acid groups (broad SMARTS) is 1. The van der Waals surface area contributed by atoms with Crippen molar-refractivity contribution in [3.63, 3.8) is 0 Å². The molecule has 1 heterocycles. The Morgan fingerprint density at radius 1 is 1.62 bits per heavy atom. The van der Waals surface area contributed by atoms with Gasteiger partial charge in [0.25, 0.3) is 0 Å². The lowest BCUT2D eigenvalue weighted by Gasteiger charge is -2.27. The summed E-state index contributed by atoms with van der Waals surface area (Å²) >= 11 is 0. The highest BCUT2D eigenvalue weighted by Crippen LogP contribution is 2.15. The van der Waals surface area contributed by atoms with Gasteiger partial charge in [-0.1, -0.05) is 0 Å². The van der Waals surface area contributed by atoms with Gasteiger partial charge in [0.1, 0.15) is 0 Å². The number of imidazole rings is 1. The van der Waals surface area contributed by atoms with Crippen LogP contribution in [0.4, 0.5) is 5.95 Å². The van der Waals surface area contributed by atoms with Gasteiger partial charge >= 0.3 is 5.97 Å². The Morgan fingerprint density at radius 3 is 2.81 bits per heavy atom. The fraction of sp³-hybridized carbons (Fsp3) is 0.636. The van der Waals surface area contributed by atoms with Crippen molar-refractivity contribution < 1.29 is 9.90 Å². The number of hydrogen-bond donors (Lipinski definition) is 1. The average Bonchev–Trinajstić information content (AvgIpc) is 2.65. The number of carboxylic acids is 1. The Morgan fingerprint density at radius 2 is 2.31 bits per heavy atom. The van der Waals surface area contributed by atoms with Crippen molar-refractivity contribution in [2.24, 2.45) is 0 Å². The lowest BCUT2D eigenvalue weighted by molar-refractivity contribution is -0.136. The number of rotatable bonds is 6. The van der Waals surface area contributed by atoms with Gasteiger partial charge in [-0.2, -0.15) is 0 Å². The molecule has 0 saturated carbocycles. The second kappa shape index (κ2) is 5.53. The van der Waals surface area contributed by atoms with Crippen LogP contribution in [-0.2, 0) is 11.3 Å². The third-order valence-corrected chi connectivity index (χ3v) is 2.48. The molecule has 0 bridgehead atoms. The van der Waals surface area contributed by atoms with Crippen molar-refractivity contribution in [3.05, 3.63) is 12.4 Å². The van der Waals surface area contributed by atoms with Crippen LogP contribution in [0.3, 0.4) is 0 Å². The molecule has 0 saturated heterocycles. The quantitative estimate of drug-likeness (QED) is 0.798. The van der Waals surface area contributed by atoms with Gasteiger partial charge < -0.3 is 14.6 Å². The fourth-order valence-electron chi connectivity index (χ4n) is 1.61. The third-order valence-electron chi connectivity index (χ3n) is 2.48. The number of anilines is 1. The second-order valence-corrected chi connectivity index (χ2v) is 3.94. The minimum Gasteiger partial charge on any atom is -0.481 e. The molecule has 90 valence electrons. The molecule has 1 N–H and O–H groups in total. The van der Waals surface area contributed by atoms with Gasteiger partial charge in [0.15, 0.2) is 0 Å². The fourth-order valence-corrected chi connectivity index (χ4v) is 1.61. The lowest BCUT2D eigenvalue weighted by Crippen LogP contribution is -2.35. The zero-order chi connectivity index (χ0) is 12.1. The van der Waals surface area contributed by atoms with E-state index < -0.39 is 5.97 Å². The van der Waals surface area contributed by atoms with Crippen LogP contribution in [0.2, 0.25) is 0 Å². The molecule has 5 nitrogen and oxygen atoms in total. The van der Waals surface area contributed by atoms with E-state index in [0.29, 0.717) is 6.54 Å². The molecule has 1 aromatic heterocycles. The summed E-state index contributed by atoms with van der Waals surface area (Å²) in [6, 6.07) is 0.243.